The maximum atomic E-state index is 12.5. The Labute approximate surface area is 153 Å². The molecule has 0 spiro atoms. The number of rotatable bonds is 8. The van der Waals surface area contributed by atoms with Crippen molar-refractivity contribution in [2.24, 2.45) is 0 Å². The van der Waals surface area contributed by atoms with E-state index < -0.39 is 0 Å². The topological polar surface area (TPSA) is 38.8 Å². The average Bonchev–Trinajstić information content (AvgIpc) is 3.22. The van der Waals surface area contributed by atoms with Crippen LogP contribution in [0.1, 0.15) is 53.3 Å². The van der Waals surface area contributed by atoms with Crippen molar-refractivity contribution in [1.29, 1.82) is 0 Å². The molecule has 0 atom stereocenters. The molecule has 2 aromatic rings. The van der Waals surface area contributed by atoms with Crippen LogP contribution in [0.2, 0.25) is 0 Å². The summed E-state index contributed by atoms with van der Waals surface area (Å²) in [5.41, 5.74) is 3.12. The van der Waals surface area contributed by atoms with Crippen LogP contribution in [0.25, 0.3) is 10.4 Å². The SMILES string of the molecule is CCCCCN1Cc2cc(-c3ccc(C(OC)OC)s3)ccc2C1=O. The Morgan fingerprint density at radius 1 is 1.16 bits per heavy atom. The van der Waals surface area contributed by atoms with Gasteiger partial charge in [-0.05, 0) is 41.8 Å². The van der Waals surface area contributed by atoms with E-state index in [1.807, 2.05) is 23.1 Å². The molecule has 0 unspecified atom stereocenters. The highest BCUT2D eigenvalue weighted by atomic mass is 32.1. The molecular formula is C20H25NO3S. The molecule has 0 fully saturated rings. The molecule has 1 aliphatic heterocycles. The van der Waals surface area contributed by atoms with Crippen molar-refractivity contribution < 1.29 is 14.3 Å². The summed E-state index contributed by atoms with van der Waals surface area (Å²) in [6.45, 7) is 3.76. The number of hydrogen-bond acceptors (Lipinski definition) is 4. The average molecular weight is 359 g/mol. The minimum Gasteiger partial charge on any atom is -0.351 e. The zero-order chi connectivity index (χ0) is 17.8. The Hall–Kier alpha value is -1.69. The molecule has 134 valence electrons. The first-order chi connectivity index (χ1) is 12.2. The Bertz CT molecular complexity index is 736. The van der Waals surface area contributed by atoms with Crippen molar-refractivity contribution in [3.8, 4) is 10.4 Å². The first-order valence-electron chi connectivity index (χ1n) is 8.75. The van der Waals surface area contributed by atoms with E-state index in [0.29, 0.717) is 0 Å². The molecule has 0 N–H and O–H groups in total. The van der Waals surface area contributed by atoms with Gasteiger partial charge in [0.25, 0.3) is 5.91 Å². The number of unbranched alkanes of at least 4 members (excludes halogenated alkanes) is 2. The fourth-order valence-corrected chi connectivity index (χ4v) is 4.29. The largest absolute Gasteiger partial charge is 0.351 e. The van der Waals surface area contributed by atoms with Crippen LogP contribution in [0.5, 0.6) is 0 Å². The number of methoxy groups -OCH3 is 2. The van der Waals surface area contributed by atoms with Gasteiger partial charge >= 0.3 is 0 Å². The first kappa shape index (κ1) is 18.1. The molecule has 0 saturated heterocycles. The molecule has 25 heavy (non-hydrogen) atoms. The van der Waals surface area contributed by atoms with Gasteiger partial charge in [-0.25, -0.2) is 0 Å². The van der Waals surface area contributed by atoms with E-state index in [0.717, 1.165) is 46.0 Å². The maximum absolute atomic E-state index is 12.5. The van der Waals surface area contributed by atoms with Crippen LogP contribution in [-0.2, 0) is 16.0 Å². The highest BCUT2D eigenvalue weighted by molar-refractivity contribution is 7.15. The second-order valence-corrected chi connectivity index (χ2v) is 7.43. The van der Waals surface area contributed by atoms with E-state index in [-0.39, 0.29) is 12.2 Å². The number of carbonyl (C=O) groups excluding carboxylic acids is 1. The molecule has 0 aliphatic carbocycles. The second-order valence-electron chi connectivity index (χ2n) is 6.31. The summed E-state index contributed by atoms with van der Waals surface area (Å²) in [6, 6.07) is 10.3. The number of nitrogens with zero attached hydrogens (tertiary/aromatic N) is 1. The molecule has 2 heterocycles. The van der Waals surface area contributed by atoms with Crippen LogP contribution in [0.3, 0.4) is 0 Å². The smallest absolute Gasteiger partial charge is 0.254 e. The number of thiophene rings is 1. The van der Waals surface area contributed by atoms with Crippen molar-refractivity contribution >= 4 is 17.2 Å². The molecule has 3 rings (SSSR count). The lowest BCUT2D eigenvalue weighted by Crippen LogP contribution is -2.24. The van der Waals surface area contributed by atoms with E-state index in [4.69, 9.17) is 9.47 Å². The van der Waals surface area contributed by atoms with Gasteiger partial charge in [0.05, 0.1) is 4.88 Å². The summed E-state index contributed by atoms with van der Waals surface area (Å²) >= 11 is 1.66. The fraction of sp³-hybridized carbons (Fsp3) is 0.450. The summed E-state index contributed by atoms with van der Waals surface area (Å²) < 4.78 is 10.6. The number of amides is 1. The van der Waals surface area contributed by atoms with E-state index in [2.05, 4.69) is 19.1 Å². The number of benzene rings is 1. The molecule has 0 bridgehead atoms. The van der Waals surface area contributed by atoms with Crippen molar-refractivity contribution in [1.82, 2.24) is 4.90 Å². The first-order valence-corrected chi connectivity index (χ1v) is 9.57. The van der Waals surface area contributed by atoms with Gasteiger partial charge in [-0.3, -0.25) is 4.79 Å². The molecule has 0 radical (unpaired) electrons. The predicted molar refractivity (Wildman–Crippen MR) is 101 cm³/mol. The number of ether oxygens (including phenoxy) is 2. The zero-order valence-corrected chi connectivity index (χ0v) is 15.9. The van der Waals surface area contributed by atoms with Gasteiger partial charge in [-0.2, -0.15) is 0 Å². The lowest BCUT2D eigenvalue weighted by atomic mass is 10.1. The third-order valence-corrected chi connectivity index (χ3v) is 5.74. The van der Waals surface area contributed by atoms with Gasteiger partial charge < -0.3 is 14.4 Å². The maximum Gasteiger partial charge on any atom is 0.254 e. The zero-order valence-electron chi connectivity index (χ0n) is 15.1. The molecular weight excluding hydrogens is 334 g/mol. The van der Waals surface area contributed by atoms with E-state index in [1.54, 1.807) is 25.6 Å². The molecule has 0 saturated carbocycles. The normalized spacial score (nSPS) is 13.8. The quantitative estimate of drug-likeness (QED) is 0.499. The van der Waals surface area contributed by atoms with Crippen LogP contribution in [0.4, 0.5) is 0 Å². The Kier molecular flexibility index (Phi) is 5.89. The van der Waals surface area contributed by atoms with Gasteiger partial charge in [0.1, 0.15) is 0 Å². The van der Waals surface area contributed by atoms with Gasteiger partial charge in [-0.1, -0.05) is 25.8 Å². The third-order valence-electron chi connectivity index (χ3n) is 4.59. The van der Waals surface area contributed by atoms with Gasteiger partial charge in [0.15, 0.2) is 6.29 Å². The lowest BCUT2D eigenvalue weighted by molar-refractivity contribution is -0.103. The second kappa shape index (κ2) is 8.13. The summed E-state index contributed by atoms with van der Waals surface area (Å²) in [5, 5.41) is 0. The van der Waals surface area contributed by atoms with Crippen LogP contribution in [0.15, 0.2) is 30.3 Å². The minimum atomic E-state index is -0.330. The van der Waals surface area contributed by atoms with Crippen LogP contribution in [0, 0.1) is 0 Å². The summed E-state index contributed by atoms with van der Waals surface area (Å²) in [6.07, 6.45) is 3.09. The number of carbonyl (C=O) groups is 1. The van der Waals surface area contributed by atoms with Crippen molar-refractivity contribution in [2.45, 2.75) is 39.0 Å². The molecule has 1 aliphatic rings. The summed E-state index contributed by atoms with van der Waals surface area (Å²) in [5.74, 6) is 0.170. The molecule has 1 aromatic heterocycles. The van der Waals surface area contributed by atoms with Crippen LogP contribution in [-0.4, -0.2) is 31.6 Å². The van der Waals surface area contributed by atoms with Gasteiger partial charge in [0.2, 0.25) is 0 Å². The molecule has 1 aromatic carbocycles. The minimum absolute atomic E-state index is 0.170. The molecule has 4 nitrogen and oxygen atoms in total. The van der Waals surface area contributed by atoms with E-state index >= 15 is 0 Å². The van der Waals surface area contributed by atoms with Crippen LogP contribution >= 0.6 is 11.3 Å². The standard InChI is InChI=1S/C20H25NO3S/c1-4-5-6-11-21-13-15-12-14(7-8-16(15)19(21)22)17-9-10-18(25-17)20(23-2)24-3/h7-10,12,20H,4-6,11,13H2,1-3H3. The summed E-state index contributed by atoms with van der Waals surface area (Å²) in [4.78, 5) is 16.7. The monoisotopic (exact) mass is 359 g/mol. The van der Waals surface area contributed by atoms with Crippen molar-refractivity contribution in [3.63, 3.8) is 0 Å². The van der Waals surface area contributed by atoms with Crippen molar-refractivity contribution in [3.05, 3.63) is 46.3 Å². The van der Waals surface area contributed by atoms with E-state index in [1.165, 1.54) is 12.8 Å². The van der Waals surface area contributed by atoms with Gasteiger partial charge in [0, 0.05) is 37.7 Å². The molecule has 1 amide bonds. The van der Waals surface area contributed by atoms with Crippen LogP contribution < -0.4 is 0 Å². The Morgan fingerprint density at radius 2 is 1.96 bits per heavy atom. The highest BCUT2D eigenvalue weighted by Gasteiger charge is 2.27. The Morgan fingerprint density at radius 3 is 2.68 bits per heavy atom. The summed E-state index contributed by atoms with van der Waals surface area (Å²) in [7, 11) is 3.28. The lowest BCUT2D eigenvalue weighted by Gasteiger charge is -2.14. The number of hydrogen-bond donors (Lipinski definition) is 0. The van der Waals surface area contributed by atoms with Gasteiger partial charge in [-0.15, -0.1) is 11.3 Å². The number of fused-ring (bicyclic) bond motifs is 1. The molecule has 5 heteroatoms. The van der Waals surface area contributed by atoms with Crippen molar-refractivity contribution in [2.75, 3.05) is 20.8 Å². The fourth-order valence-electron chi connectivity index (χ4n) is 3.23. The van der Waals surface area contributed by atoms with E-state index in [9.17, 15) is 4.79 Å². The predicted octanol–water partition coefficient (Wildman–Crippen LogP) is 4.85. The Balaban J connectivity index is 1.77. The highest BCUT2D eigenvalue weighted by Crippen LogP contribution is 2.35. The third kappa shape index (κ3) is 3.78.